The molecule has 0 fully saturated rings. The molecule has 3 aromatic rings. The number of rotatable bonds is 2. The zero-order chi connectivity index (χ0) is 10.8. The quantitative estimate of drug-likeness (QED) is 0.657. The third kappa shape index (κ3) is 2.02. The molecule has 0 amide bonds. The Morgan fingerprint density at radius 3 is 2.69 bits per heavy atom. The summed E-state index contributed by atoms with van der Waals surface area (Å²) in [5.74, 6) is 0. The SMILES string of the molecule is c1ccc([Se]c2ccc3scnc3c2)cc1. The molecule has 0 aliphatic rings. The van der Waals surface area contributed by atoms with E-state index in [1.54, 1.807) is 11.3 Å². The zero-order valence-electron chi connectivity index (χ0n) is 8.46. The van der Waals surface area contributed by atoms with E-state index in [2.05, 4.69) is 53.5 Å². The van der Waals surface area contributed by atoms with E-state index in [9.17, 15) is 0 Å². The van der Waals surface area contributed by atoms with Gasteiger partial charge in [0.05, 0.1) is 0 Å². The first-order valence-electron chi connectivity index (χ1n) is 4.98. The molecular weight excluding hydrogens is 281 g/mol. The normalized spacial score (nSPS) is 10.8. The molecule has 0 aliphatic carbocycles. The van der Waals surface area contributed by atoms with Gasteiger partial charge in [0.2, 0.25) is 0 Å². The molecule has 0 radical (unpaired) electrons. The molecule has 0 aliphatic heterocycles. The second kappa shape index (κ2) is 4.38. The van der Waals surface area contributed by atoms with Gasteiger partial charge in [0.15, 0.2) is 0 Å². The Balaban J connectivity index is 1.94. The van der Waals surface area contributed by atoms with E-state index in [-0.39, 0.29) is 0 Å². The summed E-state index contributed by atoms with van der Waals surface area (Å²) in [5, 5.41) is 0. The molecule has 2 aromatic carbocycles. The van der Waals surface area contributed by atoms with Crippen molar-refractivity contribution in [2.45, 2.75) is 0 Å². The van der Waals surface area contributed by atoms with Crippen LogP contribution in [0, 0.1) is 0 Å². The maximum absolute atomic E-state index is 4.35. The number of aromatic nitrogens is 1. The van der Waals surface area contributed by atoms with Crippen molar-refractivity contribution in [2.75, 3.05) is 0 Å². The van der Waals surface area contributed by atoms with Crippen LogP contribution >= 0.6 is 11.3 Å². The van der Waals surface area contributed by atoms with E-state index in [1.165, 1.54) is 13.6 Å². The fourth-order valence-electron chi connectivity index (χ4n) is 1.53. The van der Waals surface area contributed by atoms with Gasteiger partial charge in [-0.1, -0.05) is 0 Å². The van der Waals surface area contributed by atoms with Gasteiger partial charge < -0.3 is 0 Å². The van der Waals surface area contributed by atoms with Crippen LogP contribution in [-0.4, -0.2) is 19.9 Å². The van der Waals surface area contributed by atoms with Crippen LogP contribution in [0.2, 0.25) is 0 Å². The van der Waals surface area contributed by atoms with Gasteiger partial charge in [-0.15, -0.1) is 0 Å². The van der Waals surface area contributed by atoms with Gasteiger partial charge in [-0.25, -0.2) is 0 Å². The molecule has 78 valence electrons. The number of benzene rings is 2. The molecule has 3 rings (SSSR count). The van der Waals surface area contributed by atoms with Crippen molar-refractivity contribution in [3.63, 3.8) is 0 Å². The summed E-state index contributed by atoms with van der Waals surface area (Å²) < 4.78 is 4.06. The average molecular weight is 290 g/mol. The Morgan fingerprint density at radius 1 is 0.938 bits per heavy atom. The summed E-state index contributed by atoms with van der Waals surface area (Å²) >= 11 is 2.09. The summed E-state index contributed by atoms with van der Waals surface area (Å²) in [5.41, 5.74) is 3.03. The number of nitrogens with zero attached hydrogens (tertiary/aromatic N) is 1. The zero-order valence-corrected chi connectivity index (χ0v) is 11.0. The van der Waals surface area contributed by atoms with Crippen LogP contribution < -0.4 is 8.92 Å². The standard InChI is InChI=1S/C13H9NSSe/c1-2-4-10(5-3-1)16-11-6-7-13-12(8-11)14-9-15-13/h1-9H. The van der Waals surface area contributed by atoms with Crippen LogP contribution in [0.1, 0.15) is 0 Å². The molecule has 1 nitrogen and oxygen atoms in total. The predicted octanol–water partition coefficient (Wildman–Crippen LogP) is 1.95. The van der Waals surface area contributed by atoms with E-state index in [0.717, 1.165) is 5.52 Å². The third-order valence-electron chi connectivity index (χ3n) is 2.28. The van der Waals surface area contributed by atoms with Crippen molar-refractivity contribution >= 4 is 45.4 Å². The van der Waals surface area contributed by atoms with Crippen molar-refractivity contribution < 1.29 is 0 Å². The number of thiazole rings is 1. The van der Waals surface area contributed by atoms with Crippen molar-refractivity contribution in [3.05, 3.63) is 54.0 Å². The fraction of sp³-hybridized carbons (Fsp3) is 0. The van der Waals surface area contributed by atoms with E-state index < -0.39 is 0 Å². The molecule has 0 bridgehead atoms. The Bertz CT molecular complexity index is 603. The molecule has 1 aromatic heterocycles. The van der Waals surface area contributed by atoms with Crippen molar-refractivity contribution in [2.24, 2.45) is 0 Å². The molecule has 0 N–H and O–H groups in total. The Hall–Kier alpha value is -1.15. The summed E-state index contributed by atoms with van der Waals surface area (Å²) in [7, 11) is 0. The maximum atomic E-state index is 4.35. The predicted molar refractivity (Wildman–Crippen MR) is 71.1 cm³/mol. The second-order valence-corrected chi connectivity index (χ2v) is 6.69. The molecule has 0 spiro atoms. The van der Waals surface area contributed by atoms with Crippen molar-refractivity contribution in [1.82, 2.24) is 4.98 Å². The minimum atomic E-state index is 0.388. The second-order valence-electron chi connectivity index (χ2n) is 3.40. The Kier molecular flexibility index (Phi) is 2.75. The molecule has 0 saturated heterocycles. The summed E-state index contributed by atoms with van der Waals surface area (Å²) in [6.45, 7) is 0. The molecule has 1 heterocycles. The van der Waals surface area contributed by atoms with Crippen LogP contribution in [0.5, 0.6) is 0 Å². The van der Waals surface area contributed by atoms with Gasteiger partial charge in [-0.05, 0) is 0 Å². The van der Waals surface area contributed by atoms with Crippen LogP contribution in [0.4, 0.5) is 0 Å². The van der Waals surface area contributed by atoms with Crippen molar-refractivity contribution in [1.29, 1.82) is 0 Å². The van der Waals surface area contributed by atoms with Gasteiger partial charge in [-0.2, -0.15) is 0 Å². The molecule has 0 unspecified atom stereocenters. The van der Waals surface area contributed by atoms with Gasteiger partial charge in [0.25, 0.3) is 0 Å². The van der Waals surface area contributed by atoms with Crippen LogP contribution in [0.15, 0.2) is 54.0 Å². The topological polar surface area (TPSA) is 12.9 Å². The number of hydrogen-bond acceptors (Lipinski definition) is 2. The summed E-state index contributed by atoms with van der Waals surface area (Å²) in [6.07, 6.45) is 0. The van der Waals surface area contributed by atoms with Crippen LogP contribution in [0.25, 0.3) is 10.2 Å². The molecule has 16 heavy (non-hydrogen) atoms. The van der Waals surface area contributed by atoms with E-state index in [4.69, 9.17) is 0 Å². The monoisotopic (exact) mass is 291 g/mol. The summed E-state index contributed by atoms with van der Waals surface area (Å²) in [6, 6.07) is 17.2. The van der Waals surface area contributed by atoms with Crippen LogP contribution in [0.3, 0.4) is 0 Å². The third-order valence-corrected chi connectivity index (χ3v) is 5.18. The Labute approximate surface area is 104 Å². The average Bonchev–Trinajstić information content (AvgIpc) is 2.77. The van der Waals surface area contributed by atoms with E-state index in [0.29, 0.717) is 15.0 Å². The van der Waals surface area contributed by atoms with Gasteiger partial charge >= 0.3 is 104 Å². The molecule has 0 saturated carbocycles. The Morgan fingerprint density at radius 2 is 1.81 bits per heavy atom. The fourth-order valence-corrected chi connectivity index (χ4v) is 4.01. The van der Waals surface area contributed by atoms with Crippen molar-refractivity contribution in [3.8, 4) is 0 Å². The van der Waals surface area contributed by atoms with E-state index in [1.807, 2.05) is 5.51 Å². The van der Waals surface area contributed by atoms with Gasteiger partial charge in [-0.3, -0.25) is 0 Å². The summed E-state index contributed by atoms with van der Waals surface area (Å²) in [4.78, 5) is 4.35. The van der Waals surface area contributed by atoms with E-state index >= 15 is 0 Å². The first-order chi connectivity index (χ1) is 7.92. The number of fused-ring (bicyclic) bond motifs is 1. The molecule has 0 atom stereocenters. The number of hydrogen-bond donors (Lipinski definition) is 0. The first-order valence-corrected chi connectivity index (χ1v) is 7.57. The van der Waals surface area contributed by atoms with Crippen LogP contribution in [-0.2, 0) is 0 Å². The van der Waals surface area contributed by atoms with Gasteiger partial charge in [0, 0.05) is 0 Å². The molecule has 3 heteroatoms. The minimum absolute atomic E-state index is 0.388. The van der Waals surface area contributed by atoms with Gasteiger partial charge in [0.1, 0.15) is 0 Å². The molecular formula is C13H9NSSe. The first kappa shape index (κ1) is 10.0.